The van der Waals surface area contributed by atoms with Crippen LogP contribution < -0.4 is 0 Å². The average molecular weight is 1550 g/mol. The molecule has 9 fully saturated rings. The minimum Gasteiger partial charge on any atom is -0.502 e. The first-order valence-electron chi connectivity index (χ1n) is 41.6. The van der Waals surface area contributed by atoms with E-state index in [0.717, 1.165) is 93.0 Å². The highest BCUT2D eigenvalue weighted by molar-refractivity contribution is 14.1. The van der Waals surface area contributed by atoms with Crippen molar-refractivity contribution in [3.8, 4) is 0 Å². The Hall–Kier alpha value is 0.341. The van der Waals surface area contributed by atoms with Gasteiger partial charge in [-0.25, -0.2) is 0 Å². The molecule has 8 saturated carbocycles. The van der Waals surface area contributed by atoms with E-state index < -0.39 is 25.0 Å². The highest BCUT2D eigenvalue weighted by atomic mass is 127. The Labute approximate surface area is 631 Å². The molecule has 1 heterocycles. The molecule has 9 aliphatic rings. The summed E-state index contributed by atoms with van der Waals surface area (Å²) in [5, 5.41) is 20.9. The predicted octanol–water partition coefficient (Wildman–Crippen LogP) is 24.8. The quantitative estimate of drug-likeness (QED) is 0.0321. The lowest BCUT2D eigenvalue weighted by Crippen LogP contribution is -2.50. The van der Waals surface area contributed by atoms with E-state index in [1.807, 2.05) is 27.0 Å². The van der Waals surface area contributed by atoms with Gasteiger partial charge >= 0.3 is 0 Å². The Balaban J connectivity index is 0.000000231. The number of hydrogen-bond donors (Lipinski definition) is 2. The fourth-order valence-corrected chi connectivity index (χ4v) is 26.0. The van der Waals surface area contributed by atoms with Crippen LogP contribution in [0.4, 0.5) is 0 Å². The molecule has 0 radical (unpaired) electrons. The Morgan fingerprint density at radius 3 is 1.23 bits per heavy atom. The zero-order valence-corrected chi connectivity index (χ0v) is 75.0. The van der Waals surface area contributed by atoms with Crippen LogP contribution in [0.2, 0.25) is 54.4 Å². The minimum absolute atomic E-state index is 0.0405. The van der Waals surface area contributed by atoms with Crippen molar-refractivity contribution in [1.29, 1.82) is 0 Å². The number of ether oxygens (including phenoxy) is 4. The number of alkyl halides is 1. The molecule has 0 aromatic carbocycles. The summed E-state index contributed by atoms with van der Waals surface area (Å²) in [7, 11) is -5.03. The molecule has 0 amide bonds. The first-order chi connectivity index (χ1) is 46.0. The molecule has 2 N–H and O–H groups in total. The number of rotatable bonds is 24. The molecule has 0 aromatic heterocycles. The van der Waals surface area contributed by atoms with Crippen molar-refractivity contribution in [3.63, 3.8) is 0 Å². The van der Waals surface area contributed by atoms with Gasteiger partial charge in [-0.2, -0.15) is 0 Å². The van der Waals surface area contributed by atoms with Gasteiger partial charge in [-0.3, -0.25) is 0 Å². The molecule has 1 saturated heterocycles. The summed E-state index contributed by atoms with van der Waals surface area (Å²) in [6.07, 6.45) is 39.8. The van der Waals surface area contributed by atoms with E-state index in [-0.39, 0.29) is 23.5 Å². The molecular formula is C86H165IO9Si3. The van der Waals surface area contributed by atoms with Gasteiger partial charge in [0.2, 0.25) is 0 Å². The van der Waals surface area contributed by atoms with E-state index in [2.05, 4.69) is 192 Å². The Morgan fingerprint density at radius 1 is 0.515 bits per heavy atom. The largest absolute Gasteiger partial charge is 0.502 e. The fraction of sp³-hybridized carbons (Fsp3) is 0.953. The lowest BCUT2D eigenvalue weighted by molar-refractivity contribution is -0.0506. The van der Waals surface area contributed by atoms with E-state index in [4.69, 9.17) is 32.2 Å². The van der Waals surface area contributed by atoms with E-state index in [1.165, 1.54) is 146 Å². The van der Waals surface area contributed by atoms with Crippen LogP contribution in [-0.4, -0.2) is 109 Å². The third-order valence-corrected chi connectivity index (χ3v) is 45.2. The fourth-order valence-electron chi connectivity index (χ4n) is 21.2. The maximum Gasteiger partial charge on any atom is 0.192 e. The second-order valence-electron chi connectivity index (χ2n) is 39.7. The lowest BCUT2D eigenvalue weighted by Gasteiger charge is -2.50. The normalized spacial score (nSPS) is 35.8. The van der Waals surface area contributed by atoms with Gasteiger partial charge in [0, 0.05) is 36.0 Å². The number of aliphatic hydroxyl groups excluding tert-OH is 2. The van der Waals surface area contributed by atoms with Crippen molar-refractivity contribution >= 4 is 47.5 Å². The summed E-state index contributed by atoms with van der Waals surface area (Å²) in [6, 6.07) is 0. The number of aliphatic hydroxyl groups is 2. The average Bonchev–Trinajstić information content (AvgIpc) is 1.65. The lowest BCUT2D eigenvalue weighted by atomic mass is 9.61. The highest BCUT2D eigenvalue weighted by Crippen LogP contribution is 2.63. The van der Waals surface area contributed by atoms with Crippen LogP contribution in [0.5, 0.6) is 0 Å². The molecule has 9 rings (SSSR count). The maximum atomic E-state index is 10.3. The van der Waals surface area contributed by atoms with Gasteiger partial charge in [-0.05, 0) is 302 Å². The van der Waals surface area contributed by atoms with Crippen LogP contribution in [-0.2, 0) is 32.2 Å². The number of allylic oxidation sites excluding steroid dienone is 1. The summed E-state index contributed by atoms with van der Waals surface area (Å²) in [5.74, 6) is 8.92. The third-order valence-electron chi connectivity index (χ3n) is 30.3. The van der Waals surface area contributed by atoms with Gasteiger partial charge in [0.25, 0.3) is 0 Å². The van der Waals surface area contributed by atoms with Crippen LogP contribution in [0, 0.1) is 92.7 Å². The van der Waals surface area contributed by atoms with Gasteiger partial charge in [0.05, 0.1) is 38.3 Å². The molecule has 0 bridgehead atoms. The predicted molar refractivity (Wildman–Crippen MR) is 438 cm³/mol. The van der Waals surface area contributed by atoms with Crippen molar-refractivity contribution in [1.82, 2.24) is 0 Å². The monoisotopic (exact) mass is 1550 g/mol. The van der Waals surface area contributed by atoms with Crippen LogP contribution in [0.15, 0.2) is 25.0 Å². The van der Waals surface area contributed by atoms with E-state index in [9.17, 15) is 10.2 Å². The molecule has 1 aliphatic heterocycles. The summed E-state index contributed by atoms with van der Waals surface area (Å²) in [6.45, 7) is 68.5. The summed E-state index contributed by atoms with van der Waals surface area (Å²) in [5.41, 5.74) is 1.79. The van der Waals surface area contributed by atoms with Gasteiger partial charge in [0.15, 0.2) is 31.2 Å². The van der Waals surface area contributed by atoms with Gasteiger partial charge in [0.1, 0.15) is 0 Å². The molecule has 1 unspecified atom stereocenters. The molecule has 0 spiro atoms. The molecule has 0 aromatic rings. The highest BCUT2D eigenvalue weighted by Gasteiger charge is 2.58. The molecular weight excluding hydrogens is 1390 g/mol. The maximum absolute atomic E-state index is 10.3. The van der Waals surface area contributed by atoms with Crippen molar-refractivity contribution in [2.75, 3.05) is 37.5 Å². The smallest absolute Gasteiger partial charge is 0.192 e. The van der Waals surface area contributed by atoms with Crippen LogP contribution in [0.1, 0.15) is 299 Å². The number of fused-ring (bicyclic) bond motifs is 4. The number of hydrogen-bond acceptors (Lipinski definition) is 9. The Morgan fingerprint density at radius 2 is 0.879 bits per heavy atom. The summed E-state index contributed by atoms with van der Waals surface area (Å²) in [4.78, 5) is 0. The molecule has 582 valence electrons. The van der Waals surface area contributed by atoms with Crippen LogP contribution >= 0.6 is 22.6 Å². The van der Waals surface area contributed by atoms with Crippen molar-refractivity contribution in [2.24, 2.45) is 92.7 Å². The first kappa shape index (κ1) is 90.0. The molecule has 13 heteroatoms. The van der Waals surface area contributed by atoms with Crippen molar-refractivity contribution < 1.29 is 42.4 Å². The topological polar surface area (TPSA) is 105 Å². The van der Waals surface area contributed by atoms with Crippen LogP contribution in [0.3, 0.4) is 0 Å². The third kappa shape index (κ3) is 23.0. The van der Waals surface area contributed by atoms with Gasteiger partial charge < -0.3 is 42.4 Å². The van der Waals surface area contributed by atoms with Crippen LogP contribution in [0.25, 0.3) is 0 Å². The molecule has 8 aliphatic carbocycles. The molecule has 99 heavy (non-hydrogen) atoms. The van der Waals surface area contributed by atoms with E-state index in [1.54, 1.807) is 6.08 Å². The van der Waals surface area contributed by atoms with E-state index >= 15 is 0 Å². The number of halogens is 1. The van der Waals surface area contributed by atoms with Gasteiger partial charge in [-0.1, -0.05) is 178 Å². The zero-order chi connectivity index (χ0) is 74.4. The molecule has 9 nitrogen and oxygen atoms in total. The second kappa shape index (κ2) is 38.6. The van der Waals surface area contributed by atoms with Crippen molar-refractivity contribution in [2.45, 2.75) is 390 Å². The summed E-state index contributed by atoms with van der Waals surface area (Å²) < 4.78 is 43.5. The SMILES string of the molecule is C=CC(C)OCC.CCO/C=C/CC[C@@H](C)[C@H]1CC[C@H]2[C@@H](O[Si](C)(C)C(C)(C)C)CCC[C@]12C.C[C@H](CCCC1OCCO1)[C@H]1CC[C@H]2[C@@H](O)CCC[C@]12C.C[C@H](CI)[C@H]1CC[C@H]2[C@@H](O[Si](C)(C)C(C)(C)C)CCC[C@]12C.C[C@H](CO)[C@H]1CC[C@H]2[C@@H](O[Si](C)(C)C(C)(C)C)CCC[C@]12C. The van der Waals surface area contributed by atoms with E-state index in [0.29, 0.717) is 80.3 Å². The Bertz CT molecular complexity index is 2290. The first-order valence-corrected chi connectivity index (χ1v) is 51.9. The van der Waals surface area contributed by atoms with Crippen molar-refractivity contribution in [3.05, 3.63) is 25.0 Å². The molecule has 21 atom stereocenters. The zero-order valence-electron chi connectivity index (χ0n) is 69.9. The summed E-state index contributed by atoms with van der Waals surface area (Å²) >= 11 is 2.59. The Kier molecular flexibility index (Phi) is 35.1. The van der Waals surface area contributed by atoms with Gasteiger partial charge in [-0.15, -0.1) is 6.58 Å². The standard InChI is InChI=1S/C24H46O2Si.C19H37IOSi.C19H38O2Si.C18H32O3.C6H12O/c1-9-25-18-11-10-13-19(2)20-15-16-21-22(14-12-17-24(20,21)6)26-27(7,8)23(3,4)5;2*1-14(13-20)15-10-11-16-17(9-8-12-19(15,16)5)21-22(6,7)18(2,3)4;1-13(5-3-7-17-20-11-12-21-17)14-8-9-15-16(19)6-4-10-18(14,15)2;1-4-6(3)7-5-2/h11,18-22H,9-10,12-17H2,1-8H3;14-17H,8-13H2,1-7H3;14-17,20H,8-13H2,1-7H3;13-17,19H,3-12H2,1-2H3;4,6H,1,5H2,2-3H3/b18-11+;;;;/t19-,20-,21+,22+,24-;2*14-,15-,16+,17+,19-;13-,14-,15+,16+,18-;/m1111./s1. The second-order valence-corrected chi connectivity index (χ2v) is 54.9. The minimum atomic E-state index is -1.69.